The predicted molar refractivity (Wildman–Crippen MR) is 146 cm³/mol. The van der Waals surface area contributed by atoms with Crippen molar-refractivity contribution < 1.29 is 33.3 Å². The summed E-state index contributed by atoms with van der Waals surface area (Å²) < 4.78 is 27.7. The second kappa shape index (κ2) is 11.8. The fraction of sp³-hybridized carbons (Fsp3) is 0.133. The Balaban J connectivity index is 1.76. The van der Waals surface area contributed by atoms with Crippen LogP contribution in [0.1, 0.15) is 5.76 Å². The van der Waals surface area contributed by atoms with E-state index in [-0.39, 0.29) is 5.76 Å². The molecule has 1 aromatic heterocycles. The molecule has 198 valence electrons. The molecule has 1 N–H and O–H groups in total. The van der Waals surface area contributed by atoms with Crippen LogP contribution in [0.25, 0.3) is 17.4 Å². The van der Waals surface area contributed by atoms with E-state index in [1.165, 1.54) is 6.08 Å². The number of ether oxygens (including phenoxy) is 4. The smallest absolute Gasteiger partial charge is 0.346 e. The summed E-state index contributed by atoms with van der Waals surface area (Å²) in [5, 5.41) is 18.1. The molecule has 0 unspecified atom stereocenters. The van der Waals surface area contributed by atoms with Crippen LogP contribution in [-0.4, -0.2) is 39.5 Å². The first-order chi connectivity index (χ1) is 18.9. The Morgan fingerprint density at radius 2 is 1.28 bits per heavy atom. The van der Waals surface area contributed by atoms with E-state index in [1.807, 2.05) is 65.6 Å². The zero-order valence-electron chi connectivity index (χ0n) is 21.8. The highest BCUT2D eigenvalue weighted by Gasteiger charge is 2.18. The highest BCUT2D eigenvalue weighted by atomic mass is 16.5. The molecule has 4 aromatic rings. The summed E-state index contributed by atoms with van der Waals surface area (Å²) in [6, 6.07) is 23.9. The van der Waals surface area contributed by atoms with E-state index >= 15 is 0 Å². The Hall–Kier alpha value is -5.36. The molecule has 39 heavy (non-hydrogen) atoms. The first-order valence-corrected chi connectivity index (χ1v) is 11.7. The van der Waals surface area contributed by atoms with Crippen LogP contribution in [0.15, 0.2) is 82.8 Å². The summed E-state index contributed by atoms with van der Waals surface area (Å²) in [5.41, 5.74) is 2.83. The Morgan fingerprint density at radius 3 is 1.74 bits per heavy atom. The van der Waals surface area contributed by atoms with Crippen molar-refractivity contribution >= 4 is 29.1 Å². The number of aliphatic carboxylic acids is 1. The third kappa shape index (κ3) is 5.65. The van der Waals surface area contributed by atoms with Gasteiger partial charge in [-0.2, -0.15) is 5.26 Å². The van der Waals surface area contributed by atoms with E-state index in [1.54, 1.807) is 46.6 Å². The van der Waals surface area contributed by atoms with E-state index in [9.17, 15) is 4.79 Å². The van der Waals surface area contributed by atoms with Crippen LogP contribution in [0.3, 0.4) is 0 Å². The second-order valence-corrected chi connectivity index (χ2v) is 8.14. The van der Waals surface area contributed by atoms with E-state index in [0.29, 0.717) is 28.8 Å². The molecule has 0 aliphatic carbocycles. The monoisotopic (exact) mass is 526 g/mol. The van der Waals surface area contributed by atoms with Crippen LogP contribution in [0.5, 0.6) is 23.0 Å². The maximum Gasteiger partial charge on any atom is 0.346 e. The van der Waals surface area contributed by atoms with Gasteiger partial charge in [-0.1, -0.05) is 0 Å². The summed E-state index contributed by atoms with van der Waals surface area (Å²) in [7, 11) is 6.34. The van der Waals surface area contributed by atoms with Crippen molar-refractivity contribution in [2.45, 2.75) is 0 Å². The van der Waals surface area contributed by atoms with Crippen LogP contribution >= 0.6 is 0 Å². The van der Waals surface area contributed by atoms with Gasteiger partial charge in [0.15, 0.2) is 23.0 Å². The molecule has 9 nitrogen and oxygen atoms in total. The molecule has 0 saturated heterocycles. The van der Waals surface area contributed by atoms with E-state index < -0.39 is 11.5 Å². The number of anilines is 3. The van der Waals surface area contributed by atoms with Crippen LogP contribution in [0.4, 0.5) is 17.1 Å². The van der Waals surface area contributed by atoms with Gasteiger partial charge < -0.3 is 33.4 Å². The minimum absolute atomic E-state index is 0.269. The number of hydrogen-bond donors (Lipinski definition) is 1. The summed E-state index contributed by atoms with van der Waals surface area (Å²) in [6.07, 6.45) is 1.19. The Bertz CT molecular complexity index is 1490. The summed E-state index contributed by atoms with van der Waals surface area (Å²) >= 11 is 0. The lowest BCUT2D eigenvalue weighted by Crippen LogP contribution is -2.10. The number of benzene rings is 3. The van der Waals surface area contributed by atoms with Crippen molar-refractivity contribution in [3.05, 3.63) is 84.1 Å². The molecule has 0 spiro atoms. The number of methoxy groups -OCH3 is 4. The van der Waals surface area contributed by atoms with Gasteiger partial charge in [0.25, 0.3) is 0 Å². The lowest BCUT2D eigenvalue weighted by molar-refractivity contribution is -0.132. The molecule has 0 aliphatic heterocycles. The molecular formula is C30H26N2O7. The maximum atomic E-state index is 11.1. The van der Waals surface area contributed by atoms with Gasteiger partial charge in [0, 0.05) is 29.5 Å². The van der Waals surface area contributed by atoms with Crippen LogP contribution in [0, 0.1) is 11.3 Å². The van der Waals surface area contributed by atoms with Crippen LogP contribution in [0.2, 0.25) is 0 Å². The highest BCUT2D eigenvalue weighted by molar-refractivity contribution is 5.96. The fourth-order valence-corrected chi connectivity index (χ4v) is 4.02. The molecule has 0 radical (unpaired) electrons. The van der Waals surface area contributed by atoms with Gasteiger partial charge in [-0.15, -0.1) is 0 Å². The van der Waals surface area contributed by atoms with Crippen molar-refractivity contribution in [1.82, 2.24) is 0 Å². The van der Waals surface area contributed by atoms with Crippen molar-refractivity contribution in [3.63, 3.8) is 0 Å². The molecular weight excluding hydrogens is 500 g/mol. The fourth-order valence-electron chi connectivity index (χ4n) is 4.02. The van der Waals surface area contributed by atoms with Gasteiger partial charge >= 0.3 is 5.97 Å². The number of carboxylic acids is 1. The molecule has 1 heterocycles. The molecule has 0 amide bonds. The van der Waals surface area contributed by atoms with Crippen molar-refractivity contribution in [2.24, 2.45) is 0 Å². The molecule has 0 fully saturated rings. The molecule has 0 aliphatic rings. The lowest BCUT2D eigenvalue weighted by Gasteiger charge is -2.27. The number of rotatable bonds is 10. The average Bonchev–Trinajstić information content (AvgIpc) is 3.44. The number of nitrogens with zero attached hydrogens (tertiary/aromatic N) is 2. The SMILES string of the molecule is COc1ccc(N(c2ccc(-c3ccc(/C=C(/C#N)C(=O)O)o3)cc2)c2ccc(OC)c(OC)c2)cc1OC. The summed E-state index contributed by atoms with van der Waals surface area (Å²) in [5.74, 6) is 1.84. The van der Waals surface area contributed by atoms with Gasteiger partial charge in [0.1, 0.15) is 23.2 Å². The normalized spacial score (nSPS) is 10.9. The van der Waals surface area contributed by atoms with Gasteiger partial charge in [0.05, 0.1) is 39.8 Å². The van der Waals surface area contributed by atoms with Crippen molar-refractivity contribution in [2.75, 3.05) is 33.3 Å². The predicted octanol–water partition coefficient (Wildman–Crippen LogP) is 6.44. The second-order valence-electron chi connectivity index (χ2n) is 8.14. The molecule has 3 aromatic carbocycles. The van der Waals surface area contributed by atoms with Crippen LogP contribution < -0.4 is 23.8 Å². The van der Waals surface area contributed by atoms with Gasteiger partial charge in [-0.05, 0) is 60.7 Å². The summed E-state index contributed by atoms with van der Waals surface area (Å²) in [4.78, 5) is 13.2. The zero-order chi connectivity index (χ0) is 27.9. The largest absolute Gasteiger partial charge is 0.493 e. The lowest BCUT2D eigenvalue weighted by atomic mass is 10.1. The average molecular weight is 527 g/mol. The Morgan fingerprint density at radius 1 is 0.769 bits per heavy atom. The Kier molecular flexibility index (Phi) is 8.07. The topological polar surface area (TPSA) is 114 Å². The van der Waals surface area contributed by atoms with E-state index in [0.717, 1.165) is 22.6 Å². The van der Waals surface area contributed by atoms with Gasteiger partial charge in [-0.25, -0.2) is 4.79 Å². The zero-order valence-corrected chi connectivity index (χ0v) is 21.8. The molecule has 9 heteroatoms. The number of nitriles is 1. The Labute approximate surface area is 225 Å². The minimum atomic E-state index is -1.31. The van der Waals surface area contributed by atoms with Gasteiger partial charge in [0.2, 0.25) is 0 Å². The standard InChI is InChI=1S/C30H26N2O7/c1-35-26-12-9-22(16-28(26)37-3)32(23-10-13-27(36-2)29(17-23)38-4)21-7-5-19(6-8-21)25-14-11-24(39-25)15-20(18-31)30(33)34/h5-17H,1-4H3,(H,33,34)/b20-15-. The number of hydrogen-bond acceptors (Lipinski definition) is 8. The quantitative estimate of drug-likeness (QED) is 0.184. The third-order valence-corrected chi connectivity index (χ3v) is 5.92. The van der Waals surface area contributed by atoms with E-state index in [4.69, 9.17) is 33.7 Å². The molecule has 0 saturated carbocycles. The molecule has 0 atom stereocenters. The van der Waals surface area contributed by atoms with Crippen LogP contribution in [-0.2, 0) is 4.79 Å². The maximum absolute atomic E-state index is 11.1. The number of carboxylic acid groups (broad SMARTS) is 1. The van der Waals surface area contributed by atoms with E-state index in [2.05, 4.69) is 0 Å². The first-order valence-electron chi connectivity index (χ1n) is 11.7. The number of furan rings is 1. The molecule has 4 rings (SSSR count). The third-order valence-electron chi connectivity index (χ3n) is 5.92. The minimum Gasteiger partial charge on any atom is -0.493 e. The number of carbonyl (C=O) groups is 1. The van der Waals surface area contributed by atoms with Gasteiger partial charge in [-0.3, -0.25) is 0 Å². The first kappa shape index (κ1) is 26.7. The van der Waals surface area contributed by atoms with Crippen molar-refractivity contribution in [1.29, 1.82) is 5.26 Å². The summed E-state index contributed by atoms with van der Waals surface area (Å²) in [6.45, 7) is 0. The highest BCUT2D eigenvalue weighted by Crippen LogP contribution is 2.42. The molecule has 0 bridgehead atoms. The van der Waals surface area contributed by atoms with Crippen molar-refractivity contribution in [3.8, 4) is 40.4 Å².